The Morgan fingerprint density at radius 3 is 2.47 bits per heavy atom. The fraction of sp³-hybridized carbons (Fsp3) is 0.385. The standard InChI is InChI=1S/C13H14O4/c1-16-12(14)10-7-11(10)13(15)17-8-9-5-3-2-4-6-9/h2-6,10-11H,7-8H2,1H3/t10-,11?/m1/s1. The van der Waals surface area contributed by atoms with Gasteiger partial charge in [0.05, 0.1) is 18.9 Å². The Bertz CT molecular complexity index is 413. The van der Waals surface area contributed by atoms with Crippen molar-refractivity contribution in [3.63, 3.8) is 0 Å². The maximum absolute atomic E-state index is 11.6. The van der Waals surface area contributed by atoms with Gasteiger partial charge in [-0.05, 0) is 12.0 Å². The predicted octanol–water partition coefficient (Wildman–Crippen LogP) is 1.54. The third-order valence-corrected chi connectivity index (χ3v) is 2.82. The summed E-state index contributed by atoms with van der Waals surface area (Å²) in [6.07, 6.45) is 0.542. The molecule has 0 bridgehead atoms. The number of rotatable bonds is 4. The van der Waals surface area contributed by atoms with E-state index in [1.807, 2.05) is 30.3 Å². The Kier molecular flexibility index (Phi) is 3.42. The monoisotopic (exact) mass is 234 g/mol. The van der Waals surface area contributed by atoms with E-state index in [-0.39, 0.29) is 30.4 Å². The highest BCUT2D eigenvalue weighted by atomic mass is 16.5. The maximum atomic E-state index is 11.6. The zero-order valence-electron chi connectivity index (χ0n) is 9.59. The first-order valence-electron chi connectivity index (χ1n) is 5.50. The average molecular weight is 234 g/mol. The van der Waals surface area contributed by atoms with Crippen LogP contribution in [0.25, 0.3) is 0 Å². The van der Waals surface area contributed by atoms with Crippen molar-refractivity contribution in [3.05, 3.63) is 35.9 Å². The van der Waals surface area contributed by atoms with Crippen LogP contribution in [-0.4, -0.2) is 19.0 Å². The summed E-state index contributed by atoms with van der Waals surface area (Å²) in [5, 5.41) is 0. The lowest BCUT2D eigenvalue weighted by molar-refractivity contribution is -0.150. The lowest BCUT2D eigenvalue weighted by Crippen LogP contribution is -2.12. The van der Waals surface area contributed by atoms with Crippen LogP contribution in [0.4, 0.5) is 0 Å². The second-order valence-electron chi connectivity index (χ2n) is 4.07. The van der Waals surface area contributed by atoms with Gasteiger partial charge in [-0.3, -0.25) is 9.59 Å². The van der Waals surface area contributed by atoms with Crippen molar-refractivity contribution in [1.29, 1.82) is 0 Å². The summed E-state index contributed by atoms with van der Waals surface area (Å²) < 4.78 is 9.70. The van der Waals surface area contributed by atoms with Crippen molar-refractivity contribution in [2.45, 2.75) is 13.0 Å². The van der Waals surface area contributed by atoms with E-state index in [9.17, 15) is 9.59 Å². The zero-order chi connectivity index (χ0) is 12.3. The molecule has 4 nitrogen and oxygen atoms in total. The van der Waals surface area contributed by atoms with Gasteiger partial charge in [0, 0.05) is 0 Å². The largest absolute Gasteiger partial charge is 0.469 e. The summed E-state index contributed by atoms with van der Waals surface area (Å²) in [6, 6.07) is 9.45. The molecule has 90 valence electrons. The summed E-state index contributed by atoms with van der Waals surface area (Å²) in [7, 11) is 1.33. The van der Waals surface area contributed by atoms with Crippen LogP contribution in [0.15, 0.2) is 30.3 Å². The van der Waals surface area contributed by atoms with E-state index in [1.165, 1.54) is 7.11 Å². The van der Waals surface area contributed by atoms with E-state index in [1.54, 1.807) is 0 Å². The average Bonchev–Trinajstić information content (AvgIpc) is 3.16. The lowest BCUT2D eigenvalue weighted by Gasteiger charge is -2.04. The molecular weight excluding hydrogens is 220 g/mol. The van der Waals surface area contributed by atoms with Gasteiger partial charge in [-0.15, -0.1) is 0 Å². The summed E-state index contributed by atoms with van der Waals surface area (Å²) in [5.41, 5.74) is 0.941. The van der Waals surface area contributed by atoms with Gasteiger partial charge < -0.3 is 9.47 Å². The Hall–Kier alpha value is -1.84. The third-order valence-electron chi connectivity index (χ3n) is 2.82. The molecule has 1 aliphatic rings. The fourth-order valence-corrected chi connectivity index (χ4v) is 1.70. The van der Waals surface area contributed by atoms with Crippen LogP contribution < -0.4 is 0 Å². The number of ether oxygens (including phenoxy) is 2. The van der Waals surface area contributed by atoms with Crippen molar-refractivity contribution in [1.82, 2.24) is 0 Å². The molecule has 2 atom stereocenters. The highest BCUT2D eigenvalue weighted by Crippen LogP contribution is 2.40. The van der Waals surface area contributed by atoms with Gasteiger partial charge in [0.1, 0.15) is 6.61 Å². The molecule has 1 saturated carbocycles. The molecule has 17 heavy (non-hydrogen) atoms. The van der Waals surface area contributed by atoms with Crippen LogP contribution in [0.1, 0.15) is 12.0 Å². The molecule has 2 rings (SSSR count). The van der Waals surface area contributed by atoms with Gasteiger partial charge in [-0.25, -0.2) is 0 Å². The maximum Gasteiger partial charge on any atom is 0.310 e. The first kappa shape index (κ1) is 11.6. The first-order chi connectivity index (χ1) is 8.22. The first-order valence-corrected chi connectivity index (χ1v) is 5.50. The van der Waals surface area contributed by atoms with Gasteiger partial charge in [-0.2, -0.15) is 0 Å². The molecule has 1 unspecified atom stereocenters. The highest BCUT2D eigenvalue weighted by Gasteiger charge is 2.50. The van der Waals surface area contributed by atoms with E-state index in [2.05, 4.69) is 4.74 Å². The third kappa shape index (κ3) is 2.84. The van der Waals surface area contributed by atoms with Gasteiger partial charge in [0.25, 0.3) is 0 Å². The SMILES string of the molecule is COC(=O)[C@@H]1CC1C(=O)OCc1ccccc1. The molecule has 0 aromatic heterocycles. The molecule has 1 aromatic carbocycles. The van der Waals surface area contributed by atoms with Gasteiger partial charge >= 0.3 is 11.9 Å². The summed E-state index contributed by atoms with van der Waals surface area (Å²) in [4.78, 5) is 22.7. The fourth-order valence-electron chi connectivity index (χ4n) is 1.70. The Labute approximate surface area is 99.5 Å². The minimum atomic E-state index is -0.327. The normalized spacial score (nSPS) is 21.7. The van der Waals surface area contributed by atoms with Crippen molar-refractivity contribution >= 4 is 11.9 Å². The van der Waals surface area contributed by atoms with Gasteiger partial charge in [-0.1, -0.05) is 30.3 Å². The number of esters is 2. The molecule has 0 aliphatic heterocycles. The van der Waals surface area contributed by atoms with Crippen LogP contribution in [0.2, 0.25) is 0 Å². The van der Waals surface area contributed by atoms with E-state index in [0.717, 1.165) is 5.56 Å². The van der Waals surface area contributed by atoms with Crippen LogP contribution in [0, 0.1) is 11.8 Å². The summed E-state index contributed by atoms with van der Waals surface area (Å²) in [5.74, 6) is -1.26. The number of benzene rings is 1. The smallest absolute Gasteiger partial charge is 0.310 e. The molecule has 0 N–H and O–H groups in total. The Balaban J connectivity index is 1.78. The topological polar surface area (TPSA) is 52.6 Å². The molecular formula is C13H14O4. The minimum absolute atomic E-state index is 0.254. The molecule has 1 aliphatic carbocycles. The number of carbonyl (C=O) groups excluding carboxylic acids is 2. The number of carbonyl (C=O) groups is 2. The van der Waals surface area contributed by atoms with Crippen LogP contribution >= 0.6 is 0 Å². The Morgan fingerprint density at radius 1 is 1.18 bits per heavy atom. The van der Waals surface area contributed by atoms with Crippen molar-refractivity contribution < 1.29 is 19.1 Å². The highest BCUT2D eigenvalue weighted by molar-refractivity contribution is 5.87. The molecule has 0 amide bonds. The van der Waals surface area contributed by atoms with Crippen LogP contribution in [-0.2, 0) is 25.7 Å². The molecule has 0 spiro atoms. The predicted molar refractivity (Wildman–Crippen MR) is 59.9 cm³/mol. The van der Waals surface area contributed by atoms with Crippen molar-refractivity contribution in [3.8, 4) is 0 Å². The van der Waals surface area contributed by atoms with Crippen molar-refractivity contribution in [2.24, 2.45) is 11.8 Å². The van der Waals surface area contributed by atoms with Crippen LogP contribution in [0.3, 0.4) is 0 Å². The summed E-state index contributed by atoms with van der Waals surface area (Å²) in [6.45, 7) is 0.254. The molecule has 0 radical (unpaired) electrons. The van der Waals surface area contributed by atoms with E-state index in [4.69, 9.17) is 4.74 Å². The molecule has 1 aromatic rings. The zero-order valence-corrected chi connectivity index (χ0v) is 9.59. The minimum Gasteiger partial charge on any atom is -0.469 e. The lowest BCUT2D eigenvalue weighted by atomic mass is 10.2. The van der Waals surface area contributed by atoms with E-state index in [0.29, 0.717) is 6.42 Å². The molecule has 0 saturated heterocycles. The quantitative estimate of drug-likeness (QED) is 0.741. The van der Waals surface area contributed by atoms with Gasteiger partial charge in [0.2, 0.25) is 0 Å². The van der Waals surface area contributed by atoms with E-state index >= 15 is 0 Å². The Morgan fingerprint density at radius 2 is 1.82 bits per heavy atom. The number of methoxy groups -OCH3 is 1. The van der Waals surface area contributed by atoms with Crippen molar-refractivity contribution in [2.75, 3.05) is 7.11 Å². The molecule has 1 fully saturated rings. The molecule has 4 heteroatoms. The van der Waals surface area contributed by atoms with Crippen LogP contribution in [0.5, 0.6) is 0 Å². The number of hydrogen-bond donors (Lipinski definition) is 0. The van der Waals surface area contributed by atoms with E-state index < -0.39 is 0 Å². The molecule has 0 heterocycles. The summed E-state index contributed by atoms with van der Waals surface area (Å²) >= 11 is 0. The number of hydrogen-bond acceptors (Lipinski definition) is 4. The second-order valence-corrected chi connectivity index (χ2v) is 4.07. The second kappa shape index (κ2) is 4.99. The van der Waals surface area contributed by atoms with Gasteiger partial charge in [0.15, 0.2) is 0 Å².